The number of hydrogen-bond donors (Lipinski definition) is 1. The van der Waals surface area contributed by atoms with Gasteiger partial charge in [-0.25, -0.2) is 0 Å². The molecule has 1 aliphatic rings. The van der Waals surface area contributed by atoms with Gasteiger partial charge in [-0.15, -0.1) is 0 Å². The van der Waals surface area contributed by atoms with Crippen LogP contribution in [0, 0.1) is 18.3 Å². The highest BCUT2D eigenvalue weighted by atomic mass is 16.5. The molecule has 0 bridgehead atoms. The van der Waals surface area contributed by atoms with E-state index in [9.17, 15) is 5.11 Å². The van der Waals surface area contributed by atoms with Crippen molar-refractivity contribution in [2.24, 2.45) is 11.3 Å². The van der Waals surface area contributed by atoms with Crippen molar-refractivity contribution >= 4 is 0 Å². The Kier molecular flexibility index (Phi) is 4.67. The lowest BCUT2D eigenvalue weighted by molar-refractivity contribution is -0.0891. The smallest absolute Gasteiger partial charge is 0.122 e. The molecule has 1 aromatic rings. The van der Waals surface area contributed by atoms with Crippen molar-refractivity contribution in [3.8, 4) is 5.75 Å². The number of rotatable bonds is 3. The number of benzene rings is 1. The first-order valence-electron chi connectivity index (χ1n) is 8.12. The molecule has 0 radical (unpaired) electrons. The number of methoxy groups -OCH3 is 1. The van der Waals surface area contributed by atoms with E-state index in [0.717, 1.165) is 30.6 Å². The standard InChI is InChI=1S/C19H30O2/c1-14-9-10-16(21-5)15(12-14)13-19(20)11-7-6-8-17(19)18(2,3)4/h9-10,12,17,20H,6-8,11,13H2,1-5H3. The molecule has 2 nitrogen and oxygen atoms in total. The quantitative estimate of drug-likeness (QED) is 0.887. The van der Waals surface area contributed by atoms with Crippen LogP contribution in [0.25, 0.3) is 0 Å². The summed E-state index contributed by atoms with van der Waals surface area (Å²) in [4.78, 5) is 0. The monoisotopic (exact) mass is 290 g/mol. The van der Waals surface area contributed by atoms with Gasteiger partial charge in [-0.05, 0) is 42.7 Å². The van der Waals surface area contributed by atoms with Crippen LogP contribution in [0.3, 0.4) is 0 Å². The van der Waals surface area contributed by atoms with E-state index in [2.05, 4.69) is 39.8 Å². The second kappa shape index (κ2) is 6.00. The normalized spacial score (nSPS) is 26.7. The SMILES string of the molecule is COc1ccc(C)cc1CC1(O)CCCCC1C(C)(C)C. The first-order valence-corrected chi connectivity index (χ1v) is 8.12. The first-order chi connectivity index (χ1) is 9.76. The second-order valence-corrected chi connectivity index (χ2v) is 7.76. The highest BCUT2D eigenvalue weighted by Crippen LogP contribution is 2.46. The lowest BCUT2D eigenvalue weighted by Gasteiger charge is -2.47. The predicted octanol–water partition coefficient (Wildman–Crippen LogP) is 4.51. The number of aliphatic hydroxyl groups is 1. The summed E-state index contributed by atoms with van der Waals surface area (Å²) in [6, 6.07) is 6.24. The van der Waals surface area contributed by atoms with Gasteiger partial charge >= 0.3 is 0 Å². The Balaban J connectivity index is 2.32. The first kappa shape index (κ1) is 16.4. The van der Waals surface area contributed by atoms with E-state index in [1.54, 1.807) is 7.11 Å². The third kappa shape index (κ3) is 3.60. The topological polar surface area (TPSA) is 29.5 Å². The zero-order valence-corrected chi connectivity index (χ0v) is 14.2. The van der Waals surface area contributed by atoms with Gasteiger partial charge in [0.1, 0.15) is 5.75 Å². The molecule has 0 spiro atoms. The molecule has 21 heavy (non-hydrogen) atoms. The summed E-state index contributed by atoms with van der Waals surface area (Å²) in [6.45, 7) is 8.85. The summed E-state index contributed by atoms with van der Waals surface area (Å²) in [5.74, 6) is 1.23. The van der Waals surface area contributed by atoms with Crippen LogP contribution in [-0.2, 0) is 6.42 Å². The highest BCUT2D eigenvalue weighted by Gasteiger charge is 2.45. The minimum Gasteiger partial charge on any atom is -0.496 e. The molecule has 0 saturated heterocycles. The number of hydrogen-bond acceptors (Lipinski definition) is 2. The van der Waals surface area contributed by atoms with Gasteiger partial charge in [0.2, 0.25) is 0 Å². The van der Waals surface area contributed by atoms with Crippen molar-refractivity contribution in [1.29, 1.82) is 0 Å². The maximum atomic E-state index is 11.4. The second-order valence-electron chi connectivity index (χ2n) is 7.76. The average molecular weight is 290 g/mol. The zero-order chi connectivity index (χ0) is 15.7. The van der Waals surface area contributed by atoms with E-state index in [-0.39, 0.29) is 5.41 Å². The molecular weight excluding hydrogens is 260 g/mol. The van der Waals surface area contributed by atoms with E-state index in [4.69, 9.17) is 4.74 Å². The molecule has 0 aromatic heterocycles. The van der Waals surface area contributed by atoms with Crippen molar-refractivity contribution < 1.29 is 9.84 Å². The van der Waals surface area contributed by atoms with Crippen LogP contribution in [0.4, 0.5) is 0 Å². The Morgan fingerprint density at radius 3 is 2.62 bits per heavy atom. The van der Waals surface area contributed by atoms with E-state index >= 15 is 0 Å². The Morgan fingerprint density at radius 2 is 2.00 bits per heavy atom. The molecule has 0 amide bonds. The Hall–Kier alpha value is -1.02. The lowest BCUT2D eigenvalue weighted by atomic mass is 9.62. The molecule has 0 aliphatic heterocycles. The van der Waals surface area contributed by atoms with Crippen LogP contribution in [0.1, 0.15) is 57.6 Å². The van der Waals surface area contributed by atoms with Crippen LogP contribution < -0.4 is 4.74 Å². The summed E-state index contributed by atoms with van der Waals surface area (Å²) in [5.41, 5.74) is 1.87. The molecule has 2 atom stereocenters. The van der Waals surface area contributed by atoms with Gasteiger partial charge in [0.25, 0.3) is 0 Å². The molecule has 1 N–H and O–H groups in total. The molecule has 118 valence electrons. The summed E-state index contributed by atoms with van der Waals surface area (Å²) in [5, 5.41) is 11.4. The minimum absolute atomic E-state index is 0.131. The molecule has 1 saturated carbocycles. The third-order valence-corrected chi connectivity index (χ3v) is 4.98. The van der Waals surface area contributed by atoms with Gasteiger partial charge in [-0.3, -0.25) is 0 Å². The van der Waals surface area contributed by atoms with Crippen molar-refractivity contribution in [1.82, 2.24) is 0 Å². The molecule has 2 heteroatoms. The Labute approximate surface area is 129 Å². The average Bonchev–Trinajstić information content (AvgIpc) is 2.37. The zero-order valence-electron chi connectivity index (χ0n) is 14.2. The third-order valence-electron chi connectivity index (χ3n) is 4.98. The fourth-order valence-corrected chi connectivity index (χ4v) is 4.05. The van der Waals surface area contributed by atoms with E-state index in [1.165, 1.54) is 12.0 Å². The summed E-state index contributed by atoms with van der Waals surface area (Å²) in [7, 11) is 1.71. The van der Waals surface area contributed by atoms with Crippen LogP contribution >= 0.6 is 0 Å². The van der Waals surface area contributed by atoms with Gasteiger partial charge in [-0.1, -0.05) is 51.3 Å². The van der Waals surface area contributed by atoms with Gasteiger partial charge < -0.3 is 9.84 Å². The molecule has 2 unspecified atom stereocenters. The fourth-order valence-electron chi connectivity index (χ4n) is 4.05. The maximum absolute atomic E-state index is 11.4. The number of aryl methyl sites for hydroxylation is 1. The van der Waals surface area contributed by atoms with Gasteiger partial charge in [0.15, 0.2) is 0 Å². The largest absolute Gasteiger partial charge is 0.496 e. The molecule has 2 rings (SSSR count). The molecule has 0 heterocycles. The predicted molar refractivity (Wildman–Crippen MR) is 87.8 cm³/mol. The minimum atomic E-state index is -0.614. The van der Waals surface area contributed by atoms with Crippen molar-refractivity contribution in [3.05, 3.63) is 29.3 Å². The summed E-state index contributed by atoms with van der Waals surface area (Å²) < 4.78 is 5.50. The molecule has 1 aliphatic carbocycles. The van der Waals surface area contributed by atoms with Crippen molar-refractivity contribution in [2.75, 3.05) is 7.11 Å². The van der Waals surface area contributed by atoms with E-state index in [0.29, 0.717) is 12.3 Å². The fraction of sp³-hybridized carbons (Fsp3) is 0.684. The van der Waals surface area contributed by atoms with Crippen LogP contribution in [0.5, 0.6) is 5.75 Å². The molecule has 1 aromatic carbocycles. The summed E-state index contributed by atoms with van der Waals surface area (Å²) >= 11 is 0. The summed E-state index contributed by atoms with van der Waals surface area (Å²) in [6.07, 6.45) is 5.06. The van der Waals surface area contributed by atoms with Crippen LogP contribution in [0.15, 0.2) is 18.2 Å². The maximum Gasteiger partial charge on any atom is 0.122 e. The Bertz CT molecular complexity index is 487. The van der Waals surface area contributed by atoms with Crippen molar-refractivity contribution in [2.45, 2.75) is 65.4 Å². The van der Waals surface area contributed by atoms with Gasteiger partial charge in [0.05, 0.1) is 12.7 Å². The Morgan fingerprint density at radius 1 is 1.29 bits per heavy atom. The molecular formula is C19H30O2. The van der Waals surface area contributed by atoms with Gasteiger partial charge in [-0.2, -0.15) is 0 Å². The van der Waals surface area contributed by atoms with E-state index < -0.39 is 5.60 Å². The highest BCUT2D eigenvalue weighted by molar-refractivity contribution is 5.38. The van der Waals surface area contributed by atoms with Crippen LogP contribution in [0.2, 0.25) is 0 Å². The van der Waals surface area contributed by atoms with E-state index in [1.807, 2.05) is 6.07 Å². The van der Waals surface area contributed by atoms with Crippen molar-refractivity contribution in [3.63, 3.8) is 0 Å². The van der Waals surface area contributed by atoms with Crippen LogP contribution in [-0.4, -0.2) is 17.8 Å². The van der Waals surface area contributed by atoms with Gasteiger partial charge in [0, 0.05) is 6.42 Å². The molecule has 1 fully saturated rings. The lowest BCUT2D eigenvalue weighted by Crippen LogP contribution is -2.48. The number of ether oxygens (including phenoxy) is 1.